The molecule has 0 saturated carbocycles. The lowest BCUT2D eigenvalue weighted by atomic mass is 10.1. The molecule has 0 spiro atoms. The van der Waals surface area contributed by atoms with Gasteiger partial charge >= 0.3 is 0 Å². The van der Waals surface area contributed by atoms with E-state index in [9.17, 15) is 4.79 Å². The molecule has 1 aliphatic heterocycles. The largest absolute Gasteiger partial charge is 0.328 e. The topological polar surface area (TPSA) is 62.2 Å². The molecule has 23 heavy (non-hydrogen) atoms. The SMILES string of the molecule is CN(C)Cc1ccnc(C2CCCN2C(=O)c2ccncc2)n1. The number of nitrogens with zero attached hydrogens (tertiary/aromatic N) is 5. The Bertz CT molecular complexity index is 674. The Morgan fingerprint density at radius 3 is 2.78 bits per heavy atom. The third kappa shape index (κ3) is 3.53. The Labute approximate surface area is 136 Å². The number of carbonyl (C=O) groups excluding carboxylic acids is 1. The molecule has 0 aliphatic carbocycles. The summed E-state index contributed by atoms with van der Waals surface area (Å²) in [5.41, 5.74) is 1.64. The van der Waals surface area contributed by atoms with Gasteiger partial charge in [-0.05, 0) is 45.1 Å². The number of hydrogen-bond donors (Lipinski definition) is 0. The molecule has 1 aliphatic rings. The average Bonchev–Trinajstić information content (AvgIpc) is 3.04. The van der Waals surface area contributed by atoms with E-state index in [2.05, 4.69) is 19.9 Å². The molecule has 0 N–H and O–H groups in total. The van der Waals surface area contributed by atoms with Gasteiger partial charge in [-0.2, -0.15) is 0 Å². The molecule has 0 aromatic carbocycles. The fourth-order valence-corrected chi connectivity index (χ4v) is 2.92. The first-order valence-electron chi connectivity index (χ1n) is 7.82. The van der Waals surface area contributed by atoms with Crippen LogP contribution in [0.1, 0.15) is 40.8 Å². The van der Waals surface area contributed by atoms with Crippen molar-refractivity contribution in [1.82, 2.24) is 24.8 Å². The van der Waals surface area contributed by atoms with Crippen LogP contribution < -0.4 is 0 Å². The van der Waals surface area contributed by atoms with E-state index in [0.29, 0.717) is 5.56 Å². The maximum absolute atomic E-state index is 12.7. The van der Waals surface area contributed by atoms with Crippen molar-refractivity contribution in [2.24, 2.45) is 0 Å². The number of pyridine rings is 1. The van der Waals surface area contributed by atoms with E-state index in [4.69, 9.17) is 0 Å². The maximum atomic E-state index is 12.7. The third-order valence-electron chi connectivity index (χ3n) is 3.95. The summed E-state index contributed by atoms with van der Waals surface area (Å²) in [5, 5.41) is 0. The molecular formula is C17H21N5O. The van der Waals surface area contributed by atoms with Gasteiger partial charge in [0.1, 0.15) is 0 Å². The van der Waals surface area contributed by atoms with Gasteiger partial charge < -0.3 is 9.80 Å². The Kier molecular flexibility index (Phi) is 4.62. The van der Waals surface area contributed by atoms with Crippen molar-refractivity contribution in [3.05, 3.63) is 53.9 Å². The van der Waals surface area contributed by atoms with Gasteiger partial charge in [0.15, 0.2) is 5.82 Å². The highest BCUT2D eigenvalue weighted by Gasteiger charge is 2.32. The van der Waals surface area contributed by atoms with Crippen LogP contribution in [0, 0.1) is 0 Å². The van der Waals surface area contributed by atoms with E-state index in [0.717, 1.165) is 37.4 Å². The molecule has 1 atom stereocenters. The fraction of sp³-hybridized carbons (Fsp3) is 0.412. The lowest BCUT2D eigenvalue weighted by molar-refractivity contribution is 0.0729. The number of hydrogen-bond acceptors (Lipinski definition) is 5. The summed E-state index contributed by atoms with van der Waals surface area (Å²) in [6.45, 7) is 1.51. The number of aromatic nitrogens is 3. The van der Waals surface area contributed by atoms with Crippen LogP contribution in [0.5, 0.6) is 0 Å². The van der Waals surface area contributed by atoms with E-state index in [1.165, 1.54) is 0 Å². The molecule has 120 valence electrons. The number of likely N-dealkylation sites (tertiary alicyclic amines) is 1. The second-order valence-electron chi connectivity index (χ2n) is 6.04. The van der Waals surface area contributed by atoms with Crippen molar-refractivity contribution in [2.45, 2.75) is 25.4 Å². The number of carbonyl (C=O) groups is 1. The average molecular weight is 311 g/mol. The number of amides is 1. The van der Waals surface area contributed by atoms with E-state index in [-0.39, 0.29) is 11.9 Å². The van der Waals surface area contributed by atoms with Crippen LogP contribution in [0.3, 0.4) is 0 Å². The Morgan fingerprint density at radius 1 is 1.26 bits per heavy atom. The zero-order chi connectivity index (χ0) is 16.2. The van der Waals surface area contributed by atoms with Crippen molar-refractivity contribution >= 4 is 5.91 Å². The fourth-order valence-electron chi connectivity index (χ4n) is 2.92. The first-order valence-corrected chi connectivity index (χ1v) is 7.82. The molecule has 2 aromatic rings. The van der Waals surface area contributed by atoms with Gasteiger partial charge in [0.05, 0.1) is 11.7 Å². The Morgan fingerprint density at radius 2 is 2.04 bits per heavy atom. The van der Waals surface area contributed by atoms with Gasteiger partial charge in [0.25, 0.3) is 5.91 Å². The first-order chi connectivity index (χ1) is 11.1. The number of rotatable bonds is 4. The lowest BCUT2D eigenvalue weighted by Crippen LogP contribution is -2.31. The molecule has 1 saturated heterocycles. The predicted molar refractivity (Wildman–Crippen MR) is 86.7 cm³/mol. The summed E-state index contributed by atoms with van der Waals surface area (Å²) in [6, 6.07) is 5.38. The molecule has 0 radical (unpaired) electrons. The predicted octanol–water partition coefficient (Wildman–Crippen LogP) is 1.91. The standard InChI is InChI=1S/C17H21N5O/c1-21(2)12-14-7-10-19-16(20-14)15-4-3-11-22(15)17(23)13-5-8-18-9-6-13/h5-10,15H,3-4,11-12H2,1-2H3. The molecule has 2 aromatic heterocycles. The van der Waals surface area contributed by atoms with Crippen LogP contribution in [-0.2, 0) is 6.54 Å². The van der Waals surface area contributed by atoms with Crippen molar-refractivity contribution in [3.8, 4) is 0 Å². The summed E-state index contributed by atoms with van der Waals surface area (Å²) in [7, 11) is 4.02. The Balaban J connectivity index is 1.83. The summed E-state index contributed by atoms with van der Waals surface area (Å²) < 4.78 is 0. The molecule has 6 heteroatoms. The van der Waals surface area contributed by atoms with Crippen molar-refractivity contribution in [2.75, 3.05) is 20.6 Å². The van der Waals surface area contributed by atoms with Crippen LogP contribution >= 0.6 is 0 Å². The van der Waals surface area contributed by atoms with Crippen molar-refractivity contribution in [3.63, 3.8) is 0 Å². The van der Waals surface area contributed by atoms with Crippen LogP contribution in [0.4, 0.5) is 0 Å². The molecule has 0 bridgehead atoms. The lowest BCUT2D eigenvalue weighted by Gasteiger charge is -2.24. The van der Waals surface area contributed by atoms with E-state index in [1.54, 1.807) is 30.7 Å². The smallest absolute Gasteiger partial charge is 0.254 e. The minimum absolute atomic E-state index is 0.0245. The monoisotopic (exact) mass is 311 g/mol. The van der Waals surface area contributed by atoms with Crippen LogP contribution in [0.15, 0.2) is 36.8 Å². The summed E-state index contributed by atoms with van der Waals surface area (Å²) in [4.78, 5) is 29.7. The third-order valence-corrected chi connectivity index (χ3v) is 3.95. The molecular weight excluding hydrogens is 290 g/mol. The van der Waals surface area contributed by atoms with Crippen LogP contribution in [0.2, 0.25) is 0 Å². The van der Waals surface area contributed by atoms with E-state index >= 15 is 0 Å². The minimum Gasteiger partial charge on any atom is -0.328 e. The van der Waals surface area contributed by atoms with Gasteiger partial charge in [-0.3, -0.25) is 9.78 Å². The molecule has 3 rings (SSSR count). The normalized spacial score (nSPS) is 17.7. The van der Waals surface area contributed by atoms with E-state index in [1.807, 2.05) is 25.1 Å². The molecule has 1 unspecified atom stereocenters. The highest BCUT2D eigenvalue weighted by Crippen LogP contribution is 2.31. The Hall–Kier alpha value is -2.34. The summed E-state index contributed by atoms with van der Waals surface area (Å²) in [6.07, 6.45) is 6.96. The van der Waals surface area contributed by atoms with Gasteiger partial charge in [0.2, 0.25) is 0 Å². The van der Waals surface area contributed by atoms with Gasteiger partial charge in [0, 0.05) is 37.2 Å². The van der Waals surface area contributed by atoms with Crippen LogP contribution in [0.25, 0.3) is 0 Å². The molecule has 1 amide bonds. The minimum atomic E-state index is -0.0437. The first kappa shape index (κ1) is 15.6. The second kappa shape index (κ2) is 6.83. The van der Waals surface area contributed by atoms with Gasteiger partial charge in [-0.1, -0.05) is 0 Å². The molecule has 1 fully saturated rings. The maximum Gasteiger partial charge on any atom is 0.254 e. The van der Waals surface area contributed by atoms with Crippen LogP contribution in [-0.4, -0.2) is 51.3 Å². The molecule has 6 nitrogen and oxygen atoms in total. The highest BCUT2D eigenvalue weighted by atomic mass is 16.2. The van der Waals surface area contributed by atoms with E-state index < -0.39 is 0 Å². The summed E-state index contributed by atoms with van der Waals surface area (Å²) in [5.74, 6) is 0.765. The van der Waals surface area contributed by atoms with Gasteiger partial charge in [-0.25, -0.2) is 9.97 Å². The second-order valence-corrected chi connectivity index (χ2v) is 6.04. The van der Waals surface area contributed by atoms with Crippen molar-refractivity contribution in [1.29, 1.82) is 0 Å². The van der Waals surface area contributed by atoms with Gasteiger partial charge in [-0.15, -0.1) is 0 Å². The van der Waals surface area contributed by atoms with Crippen molar-refractivity contribution < 1.29 is 4.79 Å². The zero-order valence-electron chi connectivity index (χ0n) is 13.5. The summed E-state index contributed by atoms with van der Waals surface area (Å²) >= 11 is 0. The highest BCUT2D eigenvalue weighted by molar-refractivity contribution is 5.94. The quantitative estimate of drug-likeness (QED) is 0.863. The molecule has 3 heterocycles. The zero-order valence-corrected chi connectivity index (χ0v) is 13.5.